The molecule has 0 radical (unpaired) electrons. The summed E-state index contributed by atoms with van der Waals surface area (Å²) in [5, 5.41) is 2.90. The molecular weight excluding hydrogens is 434 g/mol. The van der Waals surface area contributed by atoms with Crippen LogP contribution in [0.25, 0.3) is 0 Å². The minimum Gasteiger partial charge on any atom is -0.351 e. The molecule has 168 valence electrons. The maximum atomic E-state index is 12.3. The highest BCUT2D eigenvalue weighted by Crippen LogP contribution is 2.23. The van der Waals surface area contributed by atoms with Gasteiger partial charge in [0.05, 0.1) is 9.21 Å². The van der Waals surface area contributed by atoms with Crippen LogP contribution in [0.3, 0.4) is 0 Å². The van der Waals surface area contributed by atoms with Gasteiger partial charge in [0, 0.05) is 44.4 Å². The fourth-order valence-corrected chi connectivity index (χ4v) is 4.17. The van der Waals surface area contributed by atoms with Crippen molar-refractivity contribution in [2.75, 3.05) is 29.4 Å². The van der Waals surface area contributed by atoms with Gasteiger partial charge in [0.25, 0.3) is 5.91 Å². The summed E-state index contributed by atoms with van der Waals surface area (Å²) in [5.74, 6) is -0.124. The van der Waals surface area contributed by atoms with E-state index >= 15 is 0 Å². The van der Waals surface area contributed by atoms with E-state index in [2.05, 4.69) is 5.32 Å². The second kappa shape index (κ2) is 11.9. The topological polar surface area (TPSA) is 69.7 Å². The average Bonchev–Trinajstić information content (AvgIpc) is 3.20. The molecule has 0 aliphatic heterocycles. The van der Waals surface area contributed by atoms with E-state index in [0.29, 0.717) is 35.3 Å². The van der Waals surface area contributed by atoms with Crippen LogP contribution in [0.2, 0.25) is 4.34 Å². The number of hydrogen-bond acceptors (Lipinski definition) is 4. The molecule has 1 N–H and O–H groups in total. The summed E-state index contributed by atoms with van der Waals surface area (Å²) in [6.45, 7) is 8.96. The Kier molecular flexibility index (Phi) is 9.52. The van der Waals surface area contributed by atoms with Gasteiger partial charge in [0.1, 0.15) is 0 Å². The first-order valence-electron chi connectivity index (χ1n) is 10.5. The van der Waals surface area contributed by atoms with Crippen LogP contribution in [0, 0.1) is 5.92 Å². The van der Waals surface area contributed by atoms with Crippen LogP contribution in [-0.4, -0.2) is 37.4 Å². The predicted molar refractivity (Wildman–Crippen MR) is 128 cm³/mol. The Bertz CT molecular complexity index is 898. The van der Waals surface area contributed by atoms with E-state index in [9.17, 15) is 14.4 Å². The highest BCUT2D eigenvalue weighted by molar-refractivity contribution is 7.18. The molecule has 6 nitrogen and oxygen atoms in total. The zero-order valence-electron chi connectivity index (χ0n) is 18.5. The zero-order valence-corrected chi connectivity index (χ0v) is 20.1. The van der Waals surface area contributed by atoms with Crippen LogP contribution in [-0.2, 0) is 9.59 Å². The van der Waals surface area contributed by atoms with E-state index in [0.717, 1.165) is 17.8 Å². The van der Waals surface area contributed by atoms with Crippen LogP contribution in [0.1, 0.15) is 50.2 Å². The number of halogens is 1. The summed E-state index contributed by atoms with van der Waals surface area (Å²) in [7, 11) is 0. The van der Waals surface area contributed by atoms with Gasteiger partial charge in [-0.1, -0.05) is 32.4 Å². The molecule has 1 aromatic heterocycles. The molecule has 0 aliphatic carbocycles. The third kappa shape index (κ3) is 7.08. The van der Waals surface area contributed by atoms with Gasteiger partial charge >= 0.3 is 0 Å². The van der Waals surface area contributed by atoms with Crippen LogP contribution in [0.4, 0.5) is 11.4 Å². The number of nitrogens with one attached hydrogen (secondary N) is 1. The Morgan fingerprint density at radius 1 is 1.03 bits per heavy atom. The molecule has 0 spiro atoms. The van der Waals surface area contributed by atoms with Gasteiger partial charge in [-0.25, -0.2) is 0 Å². The van der Waals surface area contributed by atoms with Crippen molar-refractivity contribution in [2.24, 2.45) is 5.92 Å². The van der Waals surface area contributed by atoms with Crippen molar-refractivity contribution in [3.05, 3.63) is 45.6 Å². The van der Waals surface area contributed by atoms with Crippen LogP contribution in [0.15, 0.2) is 36.4 Å². The lowest BCUT2D eigenvalue weighted by Gasteiger charge is -2.26. The highest BCUT2D eigenvalue weighted by atomic mass is 35.5. The Morgan fingerprint density at radius 2 is 1.65 bits per heavy atom. The Balaban J connectivity index is 2.03. The van der Waals surface area contributed by atoms with Crippen molar-refractivity contribution in [2.45, 2.75) is 40.5 Å². The Labute approximate surface area is 193 Å². The summed E-state index contributed by atoms with van der Waals surface area (Å²) >= 11 is 7.12. The van der Waals surface area contributed by atoms with Gasteiger partial charge in [0.2, 0.25) is 11.8 Å². The van der Waals surface area contributed by atoms with E-state index in [1.807, 2.05) is 45.0 Å². The molecule has 31 heavy (non-hydrogen) atoms. The van der Waals surface area contributed by atoms with Crippen molar-refractivity contribution in [1.82, 2.24) is 5.32 Å². The standard InChI is InChI=1S/C23H30ClN3O3S/c1-5-13-26(22(29)6-2)18-7-9-19(10-8-18)27(17(4)28)15-16(3)14-25-23(30)20-11-12-21(24)31-20/h7-12,16H,5-6,13-15H2,1-4H3,(H,25,30). The number of hydrogen-bond donors (Lipinski definition) is 1. The number of anilines is 2. The number of benzene rings is 1. The number of carbonyl (C=O) groups excluding carboxylic acids is 3. The molecule has 0 saturated carbocycles. The molecule has 8 heteroatoms. The van der Waals surface area contributed by atoms with Crippen molar-refractivity contribution in [3.8, 4) is 0 Å². The van der Waals surface area contributed by atoms with Gasteiger partial charge in [-0.05, 0) is 48.7 Å². The van der Waals surface area contributed by atoms with Crippen LogP contribution in [0.5, 0.6) is 0 Å². The molecule has 1 atom stereocenters. The molecule has 1 unspecified atom stereocenters. The molecule has 1 aromatic carbocycles. The smallest absolute Gasteiger partial charge is 0.261 e. The SMILES string of the molecule is CCCN(C(=O)CC)c1ccc(N(CC(C)CNC(=O)c2ccc(Cl)s2)C(C)=O)cc1. The number of rotatable bonds is 10. The Hall–Kier alpha value is -2.38. The normalized spacial score (nSPS) is 11.6. The number of amides is 3. The second-order valence-electron chi connectivity index (χ2n) is 7.46. The number of carbonyl (C=O) groups is 3. The molecule has 2 rings (SSSR count). The van der Waals surface area contributed by atoms with Crippen molar-refractivity contribution in [1.29, 1.82) is 0 Å². The van der Waals surface area contributed by atoms with Gasteiger partial charge in [-0.2, -0.15) is 0 Å². The fourth-order valence-electron chi connectivity index (χ4n) is 3.21. The summed E-state index contributed by atoms with van der Waals surface area (Å²) in [4.78, 5) is 40.7. The summed E-state index contributed by atoms with van der Waals surface area (Å²) in [6.07, 6.45) is 1.32. The van der Waals surface area contributed by atoms with Crippen LogP contribution >= 0.6 is 22.9 Å². The fraction of sp³-hybridized carbons (Fsp3) is 0.435. The van der Waals surface area contributed by atoms with Gasteiger partial charge in [-0.3, -0.25) is 14.4 Å². The monoisotopic (exact) mass is 463 g/mol. The molecule has 1 heterocycles. The highest BCUT2D eigenvalue weighted by Gasteiger charge is 2.18. The largest absolute Gasteiger partial charge is 0.351 e. The first-order chi connectivity index (χ1) is 14.8. The van der Waals surface area contributed by atoms with Gasteiger partial charge in [0.15, 0.2) is 0 Å². The van der Waals surface area contributed by atoms with E-state index in [-0.39, 0.29) is 23.6 Å². The number of nitrogens with zero attached hydrogens (tertiary/aromatic N) is 2. The summed E-state index contributed by atoms with van der Waals surface area (Å²) in [6, 6.07) is 10.9. The maximum absolute atomic E-state index is 12.3. The number of thiophene rings is 1. The third-order valence-corrected chi connectivity index (χ3v) is 6.04. The summed E-state index contributed by atoms with van der Waals surface area (Å²) < 4.78 is 0.572. The minimum atomic E-state index is -0.168. The minimum absolute atomic E-state index is 0.0428. The van der Waals surface area contributed by atoms with Crippen molar-refractivity contribution in [3.63, 3.8) is 0 Å². The van der Waals surface area contributed by atoms with Crippen molar-refractivity contribution < 1.29 is 14.4 Å². The van der Waals surface area contributed by atoms with E-state index in [1.165, 1.54) is 18.3 Å². The molecule has 0 saturated heterocycles. The summed E-state index contributed by atoms with van der Waals surface area (Å²) in [5.41, 5.74) is 1.59. The molecule has 0 aliphatic rings. The van der Waals surface area contributed by atoms with E-state index < -0.39 is 0 Å². The zero-order chi connectivity index (χ0) is 23.0. The Morgan fingerprint density at radius 3 is 2.13 bits per heavy atom. The van der Waals surface area contributed by atoms with Gasteiger partial charge in [-0.15, -0.1) is 11.3 Å². The predicted octanol–water partition coefficient (Wildman–Crippen LogP) is 4.97. The van der Waals surface area contributed by atoms with Gasteiger partial charge < -0.3 is 15.1 Å². The molecule has 0 fully saturated rings. The molecule has 3 amide bonds. The van der Waals surface area contributed by atoms with E-state index in [1.54, 1.807) is 21.9 Å². The second-order valence-corrected chi connectivity index (χ2v) is 9.18. The quantitative estimate of drug-likeness (QED) is 0.540. The molecular formula is C23H30ClN3O3S. The third-order valence-electron chi connectivity index (χ3n) is 4.81. The lowest BCUT2D eigenvalue weighted by molar-refractivity contribution is -0.118. The molecule has 0 bridgehead atoms. The first kappa shape index (κ1) is 24.9. The molecule has 2 aromatic rings. The van der Waals surface area contributed by atoms with Crippen LogP contribution < -0.4 is 15.1 Å². The lowest BCUT2D eigenvalue weighted by Crippen LogP contribution is -2.38. The van der Waals surface area contributed by atoms with E-state index in [4.69, 9.17) is 11.6 Å². The van der Waals surface area contributed by atoms with Crippen molar-refractivity contribution >= 4 is 52.0 Å². The maximum Gasteiger partial charge on any atom is 0.261 e. The lowest BCUT2D eigenvalue weighted by atomic mass is 10.1. The first-order valence-corrected chi connectivity index (χ1v) is 11.7. The average molecular weight is 464 g/mol.